The molecule has 1 heterocycles. The van der Waals surface area contributed by atoms with Crippen LogP contribution in [0.15, 0.2) is 42.7 Å². The van der Waals surface area contributed by atoms with Crippen LogP contribution in [0.25, 0.3) is 0 Å². The summed E-state index contributed by atoms with van der Waals surface area (Å²) in [4.78, 5) is 12.3. The lowest BCUT2D eigenvalue weighted by atomic mass is 9.83. The third kappa shape index (κ3) is 2.11. The third-order valence-corrected chi connectivity index (χ3v) is 3.12. The summed E-state index contributed by atoms with van der Waals surface area (Å²) in [6.07, 6.45) is 3.22. The Morgan fingerprint density at radius 2 is 2.00 bits per heavy atom. The molecule has 0 N–H and O–H groups in total. The van der Waals surface area contributed by atoms with Crippen LogP contribution in [0.4, 0.5) is 0 Å². The van der Waals surface area contributed by atoms with Gasteiger partial charge >= 0.3 is 0 Å². The zero-order chi connectivity index (χ0) is 12.5. The molecule has 0 aliphatic rings. The number of nitrogens with zero attached hydrogens (tertiary/aromatic N) is 2. The predicted octanol–water partition coefficient (Wildman–Crippen LogP) is 3.15. The van der Waals surface area contributed by atoms with Gasteiger partial charge in [0.25, 0.3) is 5.91 Å². The minimum atomic E-state index is -0.704. The molecule has 3 nitrogen and oxygen atoms in total. The van der Waals surface area contributed by atoms with Crippen molar-refractivity contribution < 1.29 is 4.79 Å². The van der Waals surface area contributed by atoms with Crippen molar-refractivity contribution in [2.75, 3.05) is 0 Å². The Bertz CT molecular complexity index is 532. The summed E-state index contributed by atoms with van der Waals surface area (Å²) in [6, 6.07) is 9.10. The molecule has 0 saturated carbocycles. The van der Waals surface area contributed by atoms with Crippen molar-refractivity contribution >= 4 is 17.5 Å². The van der Waals surface area contributed by atoms with Gasteiger partial charge in [0, 0.05) is 17.4 Å². The highest BCUT2D eigenvalue weighted by Crippen LogP contribution is 2.30. The normalized spacial score (nSPS) is 11.5. The second-order valence-electron chi connectivity index (χ2n) is 4.36. The Morgan fingerprint density at radius 3 is 2.59 bits per heavy atom. The first kappa shape index (κ1) is 11.9. The molecule has 1 aromatic carbocycles. The van der Waals surface area contributed by atoms with Crippen molar-refractivity contribution in [2.24, 2.45) is 0 Å². The Hall–Kier alpha value is -1.61. The largest absolute Gasteiger partial charge is 0.272 e. The zero-order valence-corrected chi connectivity index (χ0v) is 10.5. The maximum absolute atomic E-state index is 12.3. The molecule has 17 heavy (non-hydrogen) atoms. The molecule has 1 aromatic heterocycles. The van der Waals surface area contributed by atoms with Crippen LogP contribution in [0.5, 0.6) is 0 Å². The molecule has 0 aliphatic carbocycles. The summed E-state index contributed by atoms with van der Waals surface area (Å²) in [7, 11) is 0. The van der Waals surface area contributed by atoms with Crippen LogP contribution in [0, 0.1) is 0 Å². The molecule has 0 bridgehead atoms. The van der Waals surface area contributed by atoms with Gasteiger partial charge in [-0.2, -0.15) is 5.10 Å². The van der Waals surface area contributed by atoms with E-state index in [0.29, 0.717) is 5.02 Å². The number of halogens is 1. The van der Waals surface area contributed by atoms with Gasteiger partial charge in [-0.3, -0.25) is 4.79 Å². The Morgan fingerprint density at radius 1 is 1.29 bits per heavy atom. The van der Waals surface area contributed by atoms with E-state index in [-0.39, 0.29) is 5.91 Å². The first-order valence-electron chi connectivity index (χ1n) is 5.33. The van der Waals surface area contributed by atoms with Crippen molar-refractivity contribution in [1.82, 2.24) is 9.78 Å². The van der Waals surface area contributed by atoms with Gasteiger partial charge in [0.15, 0.2) is 0 Å². The molecule has 0 spiro atoms. The van der Waals surface area contributed by atoms with Crippen LogP contribution < -0.4 is 0 Å². The van der Waals surface area contributed by atoms with E-state index in [2.05, 4.69) is 5.10 Å². The standard InChI is InChI=1S/C13H13ClN2O/c1-13(2,10-6-3-4-7-11(10)14)12(17)16-9-5-8-15-16/h3-9H,1-2H3. The van der Waals surface area contributed by atoms with Crippen LogP contribution in [-0.2, 0) is 5.41 Å². The van der Waals surface area contributed by atoms with Gasteiger partial charge in [0.1, 0.15) is 0 Å². The molecule has 88 valence electrons. The highest BCUT2D eigenvalue weighted by Gasteiger charge is 2.33. The number of benzene rings is 1. The summed E-state index contributed by atoms with van der Waals surface area (Å²) in [5, 5.41) is 4.56. The fourth-order valence-electron chi connectivity index (χ4n) is 1.76. The monoisotopic (exact) mass is 248 g/mol. The topological polar surface area (TPSA) is 34.9 Å². The highest BCUT2D eigenvalue weighted by molar-refractivity contribution is 6.31. The quantitative estimate of drug-likeness (QED) is 0.818. The average molecular weight is 249 g/mol. The molecule has 0 unspecified atom stereocenters. The van der Waals surface area contributed by atoms with Crippen molar-refractivity contribution in [3.05, 3.63) is 53.3 Å². The van der Waals surface area contributed by atoms with E-state index in [1.165, 1.54) is 4.68 Å². The van der Waals surface area contributed by atoms with Gasteiger partial charge in [0.2, 0.25) is 0 Å². The fraction of sp³-hybridized carbons (Fsp3) is 0.231. The van der Waals surface area contributed by atoms with Crippen molar-refractivity contribution in [3.8, 4) is 0 Å². The smallest absolute Gasteiger partial charge is 0.256 e. The number of hydrogen-bond donors (Lipinski definition) is 0. The minimum Gasteiger partial charge on any atom is -0.272 e. The van der Waals surface area contributed by atoms with E-state index < -0.39 is 5.41 Å². The van der Waals surface area contributed by atoms with Gasteiger partial charge in [0.05, 0.1) is 5.41 Å². The molecule has 0 amide bonds. The van der Waals surface area contributed by atoms with Gasteiger partial charge < -0.3 is 0 Å². The van der Waals surface area contributed by atoms with Crippen LogP contribution in [0.2, 0.25) is 5.02 Å². The lowest BCUT2D eigenvalue weighted by Crippen LogP contribution is -2.34. The Kier molecular flexibility index (Phi) is 3.03. The lowest BCUT2D eigenvalue weighted by molar-refractivity contribution is 0.0804. The predicted molar refractivity (Wildman–Crippen MR) is 67.3 cm³/mol. The first-order chi connectivity index (χ1) is 8.03. The van der Waals surface area contributed by atoms with Gasteiger partial charge in [-0.05, 0) is 31.5 Å². The van der Waals surface area contributed by atoms with Gasteiger partial charge in [-0.25, -0.2) is 4.68 Å². The average Bonchev–Trinajstić information content (AvgIpc) is 2.81. The molecular weight excluding hydrogens is 236 g/mol. The van der Waals surface area contributed by atoms with E-state index in [1.807, 2.05) is 32.0 Å². The molecule has 0 aliphatic heterocycles. The van der Waals surface area contributed by atoms with Gasteiger partial charge in [-0.15, -0.1) is 0 Å². The molecule has 4 heteroatoms. The van der Waals surface area contributed by atoms with Crippen LogP contribution in [-0.4, -0.2) is 15.7 Å². The highest BCUT2D eigenvalue weighted by atomic mass is 35.5. The van der Waals surface area contributed by atoms with E-state index in [0.717, 1.165) is 5.56 Å². The maximum atomic E-state index is 12.3. The van der Waals surface area contributed by atoms with E-state index in [4.69, 9.17) is 11.6 Å². The Labute approximate surface area is 105 Å². The number of rotatable bonds is 2. The molecule has 2 aromatic rings. The van der Waals surface area contributed by atoms with Gasteiger partial charge in [-0.1, -0.05) is 29.8 Å². The first-order valence-corrected chi connectivity index (χ1v) is 5.71. The van der Waals surface area contributed by atoms with E-state index in [1.54, 1.807) is 24.5 Å². The van der Waals surface area contributed by atoms with Crippen molar-refractivity contribution in [2.45, 2.75) is 19.3 Å². The maximum Gasteiger partial charge on any atom is 0.256 e. The van der Waals surface area contributed by atoms with Crippen molar-refractivity contribution in [3.63, 3.8) is 0 Å². The van der Waals surface area contributed by atoms with E-state index in [9.17, 15) is 4.79 Å². The van der Waals surface area contributed by atoms with Crippen LogP contribution in [0.1, 0.15) is 24.2 Å². The number of carbonyl (C=O) groups excluding carboxylic acids is 1. The fourth-order valence-corrected chi connectivity index (χ4v) is 2.13. The molecule has 0 radical (unpaired) electrons. The minimum absolute atomic E-state index is 0.101. The molecule has 2 rings (SSSR count). The second-order valence-corrected chi connectivity index (χ2v) is 4.77. The second kappa shape index (κ2) is 4.34. The number of aromatic nitrogens is 2. The summed E-state index contributed by atoms with van der Waals surface area (Å²) >= 11 is 6.13. The Balaban J connectivity index is 2.44. The molecule has 0 fully saturated rings. The lowest BCUT2D eigenvalue weighted by Gasteiger charge is -2.24. The summed E-state index contributed by atoms with van der Waals surface area (Å²) in [5.74, 6) is -0.101. The van der Waals surface area contributed by atoms with E-state index >= 15 is 0 Å². The third-order valence-electron chi connectivity index (χ3n) is 2.79. The molecule has 0 atom stereocenters. The zero-order valence-electron chi connectivity index (χ0n) is 9.72. The number of carbonyl (C=O) groups is 1. The SMILES string of the molecule is CC(C)(C(=O)n1cccn1)c1ccccc1Cl. The molecular formula is C13H13ClN2O. The molecule has 0 saturated heterocycles. The summed E-state index contributed by atoms with van der Waals surface area (Å²) in [6.45, 7) is 3.69. The van der Waals surface area contributed by atoms with Crippen LogP contribution >= 0.6 is 11.6 Å². The number of hydrogen-bond acceptors (Lipinski definition) is 2. The summed E-state index contributed by atoms with van der Waals surface area (Å²) in [5.41, 5.74) is 0.104. The summed E-state index contributed by atoms with van der Waals surface area (Å²) < 4.78 is 1.34. The van der Waals surface area contributed by atoms with Crippen LogP contribution in [0.3, 0.4) is 0 Å². The van der Waals surface area contributed by atoms with Crippen molar-refractivity contribution in [1.29, 1.82) is 0 Å².